The number of hydrogen-bond acceptors (Lipinski definition) is 3. The topological polar surface area (TPSA) is 53.6 Å². The van der Waals surface area contributed by atoms with E-state index in [9.17, 15) is 0 Å². The van der Waals surface area contributed by atoms with Gasteiger partial charge in [0.15, 0.2) is 0 Å². The molecule has 94 valence electrons. The molecule has 0 aliphatic rings. The highest BCUT2D eigenvalue weighted by atomic mass is 15.1. The average molecular weight is 242 g/mol. The Kier molecular flexibility index (Phi) is 3.35. The van der Waals surface area contributed by atoms with Crippen LogP contribution in [0, 0.1) is 16.7 Å². The van der Waals surface area contributed by atoms with Crippen LogP contribution in [0.1, 0.15) is 19.7 Å². The van der Waals surface area contributed by atoms with Crippen molar-refractivity contribution in [2.75, 3.05) is 6.54 Å². The third-order valence-corrected chi connectivity index (χ3v) is 3.03. The lowest BCUT2D eigenvalue weighted by molar-refractivity contribution is 0.439. The third kappa shape index (κ3) is 2.52. The van der Waals surface area contributed by atoms with Gasteiger partial charge in [0.25, 0.3) is 0 Å². The highest BCUT2D eigenvalue weighted by molar-refractivity contribution is 5.75. The normalized spacial score (nSPS) is 11.7. The second-order valence-corrected chi connectivity index (χ2v) is 5.18. The molecule has 0 bridgehead atoms. The minimum Gasteiger partial charge on any atom is -0.330 e. The summed E-state index contributed by atoms with van der Waals surface area (Å²) in [6.45, 7) is 5.19. The van der Waals surface area contributed by atoms with Crippen LogP contribution in [0.4, 0.5) is 0 Å². The van der Waals surface area contributed by atoms with E-state index in [4.69, 9.17) is 5.26 Å². The molecule has 0 spiro atoms. The summed E-state index contributed by atoms with van der Waals surface area (Å²) in [7, 11) is 2.02. The van der Waals surface area contributed by atoms with Crippen LogP contribution in [0.15, 0.2) is 24.3 Å². The molecule has 0 unspecified atom stereocenters. The van der Waals surface area contributed by atoms with Gasteiger partial charge in [0.1, 0.15) is 5.82 Å². The Bertz CT molecular complexity index is 589. The first-order chi connectivity index (χ1) is 8.53. The first kappa shape index (κ1) is 12.6. The van der Waals surface area contributed by atoms with E-state index < -0.39 is 0 Å². The molecule has 0 aliphatic carbocycles. The quantitative estimate of drug-likeness (QED) is 0.894. The smallest absolute Gasteiger partial charge is 0.123 e. The van der Waals surface area contributed by atoms with Crippen LogP contribution in [0.3, 0.4) is 0 Å². The molecule has 4 nitrogen and oxygen atoms in total. The third-order valence-electron chi connectivity index (χ3n) is 3.03. The van der Waals surface area contributed by atoms with Crippen molar-refractivity contribution < 1.29 is 0 Å². The summed E-state index contributed by atoms with van der Waals surface area (Å²) in [4.78, 5) is 4.58. The predicted octanol–water partition coefficient (Wildman–Crippen LogP) is 2.21. The molecule has 1 heterocycles. The number of fused-ring (bicyclic) bond motifs is 1. The minimum absolute atomic E-state index is 0.343. The SMILES string of the molecule is Cn1c(CNCC(C)(C)C#N)nc2ccccc21. The number of aryl methyl sites for hydroxylation is 1. The maximum Gasteiger partial charge on any atom is 0.123 e. The van der Waals surface area contributed by atoms with Gasteiger partial charge in [-0.3, -0.25) is 0 Å². The molecule has 18 heavy (non-hydrogen) atoms. The second kappa shape index (κ2) is 4.79. The largest absolute Gasteiger partial charge is 0.330 e. The summed E-state index contributed by atoms with van der Waals surface area (Å²) < 4.78 is 2.09. The van der Waals surface area contributed by atoms with Crippen molar-refractivity contribution in [3.63, 3.8) is 0 Å². The molecule has 1 aromatic heterocycles. The van der Waals surface area contributed by atoms with Gasteiger partial charge < -0.3 is 9.88 Å². The predicted molar refractivity (Wildman–Crippen MR) is 71.8 cm³/mol. The van der Waals surface area contributed by atoms with Crippen LogP contribution in [-0.2, 0) is 13.6 Å². The first-order valence-electron chi connectivity index (χ1n) is 6.06. The highest BCUT2D eigenvalue weighted by Gasteiger charge is 2.16. The fraction of sp³-hybridized carbons (Fsp3) is 0.429. The maximum atomic E-state index is 8.95. The van der Waals surface area contributed by atoms with Gasteiger partial charge in [-0.05, 0) is 26.0 Å². The lowest BCUT2D eigenvalue weighted by atomic mass is 9.96. The molecule has 2 aromatic rings. The van der Waals surface area contributed by atoms with Crippen LogP contribution in [0.25, 0.3) is 11.0 Å². The van der Waals surface area contributed by atoms with E-state index in [-0.39, 0.29) is 5.41 Å². The Morgan fingerprint density at radius 2 is 2.11 bits per heavy atom. The van der Waals surface area contributed by atoms with Crippen molar-refractivity contribution in [1.29, 1.82) is 5.26 Å². The molecule has 0 saturated heterocycles. The zero-order chi connectivity index (χ0) is 13.2. The Morgan fingerprint density at radius 3 is 2.78 bits per heavy atom. The van der Waals surface area contributed by atoms with Gasteiger partial charge in [-0.25, -0.2) is 4.98 Å². The molecular formula is C14H18N4. The number of rotatable bonds is 4. The van der Waals surface area contributed by atoms with E-state index in [0.717, 1.165) is 16.9 Å². The fourth-order valence-electron chi connectivity index (χ4n) is 1.88. The van der Waals surface area contributed by atoms with Crippen LogP contribution in [-0.4, -0.2) is 16.1 Å². The summed E-state index contributed by atoms with van der Waals surface area (Å²) in [6.07, 6.45) is 0. The Hall–Kier alpha value is -1.86. The summed E-state index contributed by atoms with van der Waals surface area (Å²) in [5, 5.41) is 12.2. The molecule has 0 atom stereocenters. The van der Waals surface area contributed by atoms with Crippen LogP contribution in [0.2, 0.25) is 0 Å². The van der Waals surface area contributed by atoms with E-state index in [2.05, 4.69) is 27.0 Å². The standard InChI is InChI=1S/C14H18N4/c1-14(2,9-15)10-16-8-13-17-11-6-4-5-7-12(11)18(13)3/h4-7,16H,8,10H2,1-3H3. The summed E-state index contributed by atoms with van der Waals surface area (Å²) in [5.74, 6) is 0.991. The van der Waals surface area contributed by atoms with Gasteiger partial charge in [-0.15, -0.1) is 0 Å². The van der Waals surface area contributed by atoms with E-state index in [1.807, 2.05) is 39.1 Å². The lowest BCUT2D eigenvalue weighted by Crippen LogP contribution is -2.28. The number of nitrogens with one attached hydrogen (secondary N) is 1. The Labute approximate surface area is 107 Å². The number of para-hydroxylation sites is 2. The van der Waals surface area contributed by atoms with Crippen molar-refractivity contribution >= 4 is 11.0 Å². The number of aromatic nitrogens is 2. The molecule has 0 amide bonds. The van der Waals surface area contributed by atoms with E-state index in [0.29, 0.717) is 13.1 Å². The van der Waals surface area contributed by atoms with Crippen molar-refractivity contribution in [3.8, 4) is 6.07 Å². The number of hydrogen-bond donors (Lipinski definition) is 1. The zero-order valence-electron chi connectivity index (χ0n) is 11.1. The van der Waals surface area contributed by atoms with Gasteiger partial charge in [-0.1, -0.05) is 12.1 Å². The molecular weight excluding hydrogens is 224 g/mol. The van der Waals surface area contributed by atoms with E-state index >= 15 is 0 Å². The molecule has 0 aliphatic heterocycles. The number of imidazole rings is 1. The van der Waals surface area contributed by atoms with Crippen LogP contribution in [0.5, 0.6) is 0 Å². The lowest BCUT2D eigenvalue weighted by Gasteiger charge is -2.15. The molecule has 4 heteroatoms. The van der Waals surface area contributed by atoms with Crippen molar-refractivity contribution in [3.05, 3.63) is 30.1 Å². The Balaban J connectivity index is 2.09. The maximum absolute atomic E-state index is 8.95. The number of nitrogens with zero attached hydrogens (tertiary/aromatic N) is 3. The van der Waals surface area contributed by atoms with E-state index in [1.165, 1.54) is 0 Å². The van der Waals surface area contributed by atoms with Crippen LogP contribution < -0.4 is 5.32 Å². The van der Waals surface area contributed by atoms with E-state index in [1.54, 1.807) is 0 Å². The monoisotopic (exact) mass is 242 g/mol. The van der Waals surface area contributed by atoms with Crippen molar-refractivity contribution in [2.45, 2.75) is 20.4 Å². The summed E-state index contributed by atoms with van der Waals surface area (Å²) in [5.41, 5.74) is 1.80. The van der Waals surface area contributed by atoms with Crippen LogP contribution >= 0.6 is 0 Å². The molecule has 2 rings (SSSR count). The highest BCUT2D eigenvalue weighted by Crippen LogP contribution is 2.15. The van der Waals surface area contributed by atoms with Crippen molar-refractivity contribution in [1.82, 2.24) is 14.9 Å². The molecule has 0 radical (unpaired) electrons. The average Bonchev–Trinajstić information content (AvgIpc) is 2.67. The van der Waals surface area contributed by atoms with Gasteiger partial charge in [0.05, 0.1) is 29.1 Å². The van der Waals surface area contributed by atoms with Gasteiger partial charge in [-0.2, -0.15) is 5.26 Å². The minimum atomic E-state index is -0.343. The number of nitriles is 1. The van der Waals surface area contributed by atoms with Gasteiger partial charge in [0, 0.05) is 13.6 Å². The molecule has 0 saturated carbocycles. The van der Waals surface area contributed by atoms with Gasteiger partial charge >= 0.3 is 0 Å². The van der Waals surface area contributed by atoms with Gasteiger partial charge in [0.2, 0.25) is 0 Å². The molecule has 1 N–H and O–H groups in total. The summed E-state index contributed by atoms with van der Waals surface area (Å²) >= 11 is 0. The van der Waals surface area contributed by atoms with Crippen molar-refractivity contribution in [2.24, 2.45) is 12.5 Å². The first-order valence-corrected chi connectivity index (χ1v) is 6.06. The second-order valence-electron chi connectivity index (χ2n) is 5.18. The zero-order valence-corrected chi connectivity index (χ0v) is 11.1. The molecule has 1 aromatic carbocycles. The summed E-state index contributed by atoms with van der Waals surface area (Å²) in [6, 6.07) is 10.4. The molecule has 0 fully saturated rings. The number of benzene rings is 1. The fourth-order valence-corrected chi connectivity index (χ4v) is 1.88. The Morgan fingerprint density at radius 1 is 1.39 bits per heavy atom.